The van der Waals surface area contributed by atoms with E-state index in [1.807, 2.05) is 38.1 Å². The van der Waals surface area contributed by atoms with E-state index in [0.29, 0.717) is 17.1 Å². The van der Waals surface area contributed by atoms with Gasteiger partial charge in [-0.3, -0.25) is 4.79 Å². The number of hydrogen-bond donors (Lipinski definition) is 1. The van der Waals surface area contributed by atoms with Gasteiger partial charge >= 0.3 is 0 Å². The van der Waals surface area contributed by atoms with Gasteiger partial charge in [-0.1, -0.05) is 22.0 Å². The SMILES string of the molecule is COc1ccc(C(=O)N/N=C\c2cc(C)n(-c3cccc(Br)c3)c2C)c(OC)c1. The van der Waals surface area contributed by atoms with Crippen molar-refractivity contribution in [2.75, 3.05) is 14.2 Å². The van der Waals surface area contributed by atoms with Crippen LogP contribution < -0.4 is 14.9 Å². The van der Waals surface area contributed by atoms with Crippen molar-refractivity contribution in [2.24, 2.45) is 5.10 Å². The lowest BCUT2D eigenvalue weighted by molar-refractivity contribution is 0.0952. The van der Waals surface area contributed by atoms with E-state index in [4.69, 9.17) is 9.47 Å². The monoisotopic (exact) mass is 455 g/mol. The molecular formula is C22H22BrN3O3. The number of benzene rings is 2. The standard InChI is InChI=1S/C22H22BrN3O3/c1-14-10-16(15(2)26(14)18-7-5-6-17(23)11-18)13-24-25-22(27)20-9-8-19(28-3)12-21(20)29-4/h5-13H,1-4H3,(H,25,27)/b24-13-. The molecule has 0 spiro atoms. The minimum Gasteiger partial charge on any atom is -0.497 e. The summed E-state index contributed by atoms with van der Waals surface area (Å²) in [6.45, 7) is 4.05. The first-order chi connectivity index (χ1) is 13.9. The number of carbonyl (C=O) groups is 1. The highest BCUT2D eigenvalue weighted by Gasteiger charge is 2.13. The van der Waals surface area contributed by atoms with E-state index < -0.39 is 0 Å². The number of ether oxygens (including phenoxy) is 2. The number of carbonyl (C=O) groups excluding carboxylic acids is 1. The number of halogens is 1. The molecule has 0 fully saturated rings. The first-order valence-electron chi connectivity index (χ1n) is 8.95. The molecular weight excluding hydrogens is 434 g/mol. The van der Waals surface area contributed by atoms with Gasteiger partial charge in [0, 0.05) is 33.2 Å². The lowest BCUT2D eigenvalue weighted by Gasteiger charge is -2.10. The normalized spacial score (nSPS) is 10.9. The van der Waals surface area contributed by atoms with Gasteiger partial charge in [-0.2, -0.15) is 5.10 Å². The van der Waals surface area contributed by atoms with Crippen LogP contribution in [0.3, 0.4) is 0 Å². The number of rotatable bonds is 6. The van der Waals surface area contributed by atoms with Crippen molar-refractivity contribution in [1.29, 1.82) is 0 Å². The second kappa shape index (κ2) is 8.96. The van der Waals surface area contributed by atoms with Gasteiger partial charge < -0.3 is 14.0 Å². The van der Waals surface area contributed by atoms with E-state index >= 15 is 0 Å². The topological polar surface area (TPSA) is 64.8 Å². The average molecular weight is 456 g/mol. The maximum absolute atomic E-state index is 12.5. The van der Waals surface area contributed by atoms with Crippen molar-refractivity contribution in [3.63, 3.8) is 0 Å². The van der Waals surface area contributed by atoms with Crippen LogP contribution in [0.5, 0.6) is 11.5 Å². The number of methoxy groups -OCH3 is 2. The molecule has 2 aromatic carbocycles. The van der Waals surface area contributed by atoms with E-state index in [0.717, 1.165) is 27.1 Å². The van der Waals surface area contributed by atoms with Crippen LogP contribution >= 0.6 is 15.9 Å². The quantitative estimate of drug-likeness (QED) is 0.434. The predicted octanol–water partition coefficient (Wildman–Crippen LogP) is 4.64. The first-order valence-corrected chi connectivity index (χ1v) is 9.74. The van der Waals surface area contributed by atoms with Crippen molar-refractivity contribution in [3.8, 4) is 17.2 Å². The molecule has 3 aromatic rings. The maximum atomic E-state index is 12.5. The van der Waals surface area contributed by atoms with Crippen LogP contribution in [0.1, 0.15) is 27.3 Å². The summed E-state index contributed by atoms with van der Waals surface area (Å²) in [5.41, 5.74) is 7.02. The Balaban J connectivity index is 1.79. The van der Waals surface area contributed by atoms with E-state index in [1.54, 1.807) is 31.5 Å². The van der Waals surface area contributed by atoms with Crippen LogP contribution in [0.4, 0.5) is 0 Å². The van der Waals surface area contributed by atoms with Crippen LogP contribution in [-0.4, -0.2) is 30.9 Å². The van der Waals surface area contributed by atoms with Gasteiger partial charge in [0.2, 0.25) is 0 Å². The Bertz CT molecular complexity index is 1070. The fourth-order valence-corrected chi connectivity index (χ4v) is 3.52. The summed E-state index contributed by atoms with van der Waals surface area (Å²) in [4.78, 5) is 12.5. The molecule has 0 aliphatic heterocycles. The fraction of sp³-hybridized carbons (Fsp3) is 0.182. The zero-order chi connectivity index (χ0) is 21.0. The van der Waals surface area contributed by atoms with Gasteiger partial charge in [0.15, 0.2) is 0 Å². The van der Waals surface area contributed by atoms with Crippen LogP contribution in [0.25, 0.3) is 5.69 Å². The Morgan fingerprint density at radius 3 is 2.59 bits per heavy atom. The summed E-state index contributed by atoms with van der Waals surface area (Å²) in [6.07, 6.45) is 1.64. The molecule has 0 aliphatic rings. The van der Waals surface area contributed by atoms with Crippen molar-refractivity contribution < 1.29 is 14.3 Å². The molecule has 0 saturated carbocycles. The number of aromatic nitrogens is 1. The number of nitrogens with zero attached hydrogens (tertiary/aromatic N) is 2. The molecule has 150 valence electrons. The van der Waals surface area contributed by atoms with E-state index in [-0.39, 0.29) is 5.91 Å². The van der Waals surface area contributed by atoms with Crippen molar-refractivity contribution >= 4 is 28.1 Å². The highest BCUT2D eigenvalue weighted by atomic mass is 79.9. The van der Waals surface area contributed by atoms with Crippen LogP contribution in [0.15, 0.2) is 58.1 Å². The molecule has 0 unspecified atom stereocenters. The Hall–Kier alpha value is -3.06. The largest absolute Gasteiger partial charge is 0.497 e. The first kappa shape index (κ1) is 20.7. The number of hydrogen-bond acceptors (Lipinski definition) is 4. The van der Waals surface area contributed by atoms with Crippen molar-refractivity contribution in [2.45, 2.75) is 13.8 Å². The van der Waals surface area contributed by atoms with Gasteiger partial charge in [-0.25, -0.2) is 5.43 Å². The fourth-order valence-electron chi connectivity index (χ4n) is 3.14. The van der Waals surface area contributed by atoms with Gasteiger partial charge in [-0.15, -0.1) is 0 Å². The molecule has 1 N–H and O–H groups in total. The zero-order valence-electron chi connectivity index (χ0n) is 16.7. The third-order valence-electron chi connectivity index (χ3n) is 4.56. The lowest BCUT2D eigenvalue weighted by Crippen LogP contribution is -2.18. The summed E-state index contributed by atoms with van der Waals surface area (Å²) in [6, 6.07) is 15.1. The summed E-state index contributed by atoms with van der Waals surface area (Å²) in [7, 11) is 3.06. The predicted molar refractivity (Wildman–Crippen MR) is 118 cm³/mol. The average Bonchev–Trinajstić information content (AvgIpc) is 3.00. The highest BCUT2D eigenvalue weighted by Crippen LogP contribution is 2.25. The maximum Gasteiger partial charge on any atom is 0.275 e. The molecule has 7 heteroatoms. The van der Waals surface area contributed by atoms with Crippen molar-refractivity contribution in [1.82, 2.24) is 9.99 Å². The summed E-state index contributed by atoms with van der Waals surface area (Å²) < 4.78 is 13.6. The van der Waals surface area contributed by atoms with Gasteiger partial charge in [0.1, 0.15) is 11.5 Å². The van der Waals surface area contributed by atoms with Crippen LogP contribution in [0, 0.1) is 13.8 Å². The molecule has 1 aromatic heterocycles. The van der Waals surface area contributed by atoms with Crippen LogP contribution in [0.2, 0.25) is 0 Å². The Labute approximate surface area is 178 Å². The molecule has 1 amide bonds. The molecule has 6 nitrogen and oxygen atoms in total. The lowest BCUT2D eigenvalue weighted by atomic mass is 10.2. The van der Waals surface area contributed by atoms with E-state index in [1.165, 1.54) is 7.11 Å². The zero-order valence-corrected chi connectivity index (χ0v) is 18.3. The summed E-state index contributed by atoms with van der Waals surface area (Å²) in [5, 5.41) is 4.13. The molecule has 1 heterocycles. The number of aryl methyl sites for hydroxylation is 1. The molecule has 3 rings (SSSR count). The minimum absolute atomic E-state index is 0.360. The Morgan fingerprint density at radius 2 is 1.90 bits per heavy atom. The number of nitrogens with one attached hydrogen (secondary N) is 1. The second-order valence-electron chi connectivity index (χ2n) is 6.41. The third-order valence-corrected chi connectivity index (χ3v) is 5.05. The van der Waals surface area contributed by atoms with E-state index in [2.05, 4.69) is 37.1 Å². The van der Waals surface area contributed by atoms with Gasteiger partial charge in [-0.05, 0) is 50.2 Å². The molecule has 29 heavy (non-hydrogen) atoms. The van der Waals surface area contributed by atoms with Crippen LogP contribution in [-0.2, 0) is 0 Å². The second-order valence-corrected chi connectivity index (χ2v) is 7.32. The molecule has 0 saturated heterocycles. The highest BCUT2D eigenvalue weighted by molar-refractivity contribution is 9.10. The number of amides is 1. The molecule has 0 atom stereocenters. The third kappa shape index (κ3) is 4.51. The Morgan fingerprint density at radius 1 is 1.10 bits per heavy atom. The van der Waals surface area contributed by atoms with Gasteiger partial charge in [0.25, 0.3) is 5.91 Å². The smallest absolute Gasteiger partial charge is 0.275 e. The van der Waals surface area contributed by atoms with Crippen molar-refractivity contribution in [3.05, 3.63) is 75.5 Å². The molecule has 0 aliphatic carbocycles. The molecule has 0 bridgehead atoms. The minimum atomic E-state index is -0.360. The summed E-state index contributed by atoms with van der Waals surface area (Å²) >= 11 is 3.51. The Kier molecular flexibility index (Phi) is 6.39. The molecule has 0 radical (unpaired) electrons. The number of hydrazone groups is 1. The van der Waals surface area contributed by atoms with Gasteiger partial charge in [0.05, 0.1) is 26.0 Å². The van der Waals surface area contributed by atoms with E-state index in [9.17, 15) is 4.79 Å². The summed E-state index contributed by atoms with van der Waals surface area (Å²) in [5.74, 6) is 0.674.